The number of fused-ring (bicyclic) bond motifs is 1. The number of furan rings is 1. The van der Waals surface area contributed by atoms with E-state index in [0.717, 1.165) is 10.3 Å². The minimum absolute atomic E-state index is 0.117. The summed E-state index contributed by atoms with van der Waals surface area (Å²) in [6.45, 7) is 2.50. The summed E-state index contributed by atoms with van der Waals surface area (Å²) in [7, 11) is 0. The lowest BCUT2D eigenvalue weighted by Crippen LogP contribution is -2.13. The third kappa shape index (κ3) is 4.75. The van der Waals surface area contributed by atoms with Crippen molar-refractivity contribution in [2.75, 3.05) is 17.7 Å². The predicted molar refractivity (Wildman–Crippen MR) is 119 cm³/mol. The van der Waals surface area contributed by atoms with Gasteiger partial charge in [0.05, 0.1) is 12.4 Å². The van der Waals surface area contributed by atoms with Crippen molar-refractivity contribution in [1.29, 1.82) is 0 Å². The second-order valence-electron chi connectivity index (χ2n) is 6.05. The van der Waals surface area contributed by atoms with Gasteiger partial charge in [0, 0.05) is 20.7 Å². The summed E-state index contributed by atoms with van der Waals surface area (Å²) in [5, 5.41) is 6.85. The lowest BCUT2D eigenvalue weighted by atomic mass is 10.2. The molecular formula is C21H17ClN2O3S2. The molecule has 0 saturated heterocycles. The number of aromatic nitrogens is 1. The summed E-state index contributed by atoms with van der Waals surface area (Å²) in [5.41, 5.74) is 1.37. The number of hydrogen-bond donors (Lipinski definition) is 1. The molecule has 0 aliphatic rings. The molecule has 148 valence electrons. The SMILES string of the molecule is CCOc1cccc2cc(-c3csc(NC(=O)CSc4ccc(Cl)cc4)n3)oc12. The zero-order chi connectivity index (χ0) is 20.2. The Morgan fingerprint density at radius 1 is 1.28 bits per heavy atom. The number of amides is 1. The highest BCUT2D eigenvalue weighted by Crippen LogP contribution is 2.34. The fourth-order valence-corrected chi connectivity index (χ4v) is 4.25. The van der Waals surface area contributed by atoms with Crippen molar-refractivity contribution in [3.05, 3.63) is 58.9 Å². The number of rotatable bonds is 7. The number of hydrogen-bond acceptors (Lipinski definition) is 6. The fourth-order valence-electron chi connectivity index (χ4n) is 2.71. The van der Waals surface area contributed by atoms with Crippen LogP contribution in [0.1, 0.15) is 6.92 Å². The average Bonchev–Trinajstić information content (AvgIpc) is 3.35. The van der Waals surface area contributed by atoms with E-state index in [1.54, 1.807) is 12.1 Å². The zero-order valence-corrected chi connectivity index (χ0v) is 17.9. The van der Waals surface area contributed by atoms with Crippen LogP contribution in [0, 0.1) is 0 Å². The van der Waals surface area contributed by atoms with E-state index in [2.05, 4.69) is 10.3 Å². The van der Waals surface area contributed by atoms with Crippen LogP contribution in [0.3, 0.4) is 0 Å². The molecule has 1 N–H and O–H groups in total. The van der Waals surface area contributed by atoms with Gasteiger partial charge in [0.15, 0.2) is 22.2 Å². The average molecular weight is 445 g/mol. The van der Waals surface area contributed by atoms with Crippen LogP contribution in [0.5, 0.6) is 5.75 Å². The maximum Gasteiger partial charge on any atom is 0.236 e. The van der Waals surface area contributed by atoms with E-state index >= 15 is 0 Å². The largest absolute Gasteiger partial charge is 0.490 e. The Kier molecular flexibility index (Phi) is 6.08. The third-order valence-electron chi connectivity index (χ3n) is 3.99. The summed E-state index contributed by atoms with van der Waals surface area (Å²) in [6, 6.07) is 15.1. The molecule has 0 unspecified atom stereocenters. The van der Waals surface area contributed by atoms with E-state index in [4.69, 9.17) is 20.8 Å². The van der Waals surface area contributed by atoms with Crippen LogP contribution in [0.15, 0.2) is 63.2 Å². The Morgan fingerprint density at radius 3 is 2.90 bits per heavy atom. The molecule has 0 fully saturated rings. The minimum Gasteiger partial charge on any atom is -0.490 e. The molecule has 0 spiro atoms. The smallest absolute Gasteiger partial charge is 0.236 e. The van der Waals surface area contributed by atoms with Crippen molar-refractivity contribution in [3.63, 3.8) is 0 Å². The standard InChI is InChI=1S/C21H17ClN2O3S2/c1-2-26-17-5-3-4-13-10-18(27-20(13)17)16-11-29-21(23-16)24-19(25)12-28-15-8-6-14(22)7-9-15/h3-11H,2,12H2,1H3,(H,23,24,25). The molecule has 2 heterocycles. The summed E-state index contributed by atoms with van der Waals surface area (Å²) in [4.78, 5) is 17.7. The van der Waals surface area contributed by atoms with Gasteiger partial charge in [-0.05, 0) is 43.3 Å². The van der Waals surface area contributed by atoms with Crippen LogP contribution in [-0.4, -0.2) is 23.3 Å². The number of para-hydroxylation sites is 1. The van der Waals surface area contributed by atoms with E-state index in [1.807, 2.05) is 48.7 Å². The van der Waals surface area contributed by atoms with Crippen LogP contribution < -0.4 is 10.1 Å². The van der Waals surface area contributed by atoms with E-state index in [9.17, 15) is 4.79 Å². The number of anilines is 1. The molecule has 0 atom stereocenters. The van der Waals surface area contributed by atoms with Gasteiger partial charge in [0.2, 0.25) is 5.91 Å². The molecule has 0 aliphatic heterocycles. The zero-order valence-electron chi connectivity index (χ0n) is 15.5. The molecule has 8 heteroatoms. The molecule has 0 aliphatic carbocycles. The molecule has 4 rings (SSSR count). The number of carbonyl (C=O) groups excluding carboxylic acids is 1. The quantitative estimate of drug-likeness (QED) is 0.337. The van der Waals surface area contributed by atoms with Gasteiger partial charge in [-0.1, -0.05) is 23.7 Å². The number of benzene rings is 2. The van der Waals surface area contributed by atoms with E-state index in [-0.39, 0.29) is 5.91 Å². The van der Waals surface area contributed by atoms with Crippen LogP contribution in [0.4, 0.5) is 5.13 Å². The van der Waals surface area contributed by atoms with Gasteiger partial charge in [-0.3, -0.25) is 4.79 Å². The molecule has 1 amide bonds. The maximum absolute atomic E-state index is 12.2. The monoisotopic (exact) mass is 444 g/mol. The third-order valence-corrected chi connectivity index (χ3v) is 6.02. The normalized spacial score (nSPS) is 11.0. The molecular weight excluding hydrogens is 428 g/mol. The van der Waals surface area contributed by atoms with Gasteiger partial charge in [-0.15, -0.1) is 23.1 Å². The van der Waals surface area contributed by atoms with Crippen molar-refractivity contribution in [2.24, 2.45) is 0 Å². The fraction of sp³-hybridized carbons (Fsp3) is 0.143. The first-order valence-electron chi connectivity index (χ1n) is 8.92. The Morgan fingerprint density at radius 2 is 2.10 bits per heavy atom. The van der Waals surface area contributed by atoms with Crippen molar-refractivity contribution >= 4 is 56.7 Å². The molecule has 29 heavy (non-hydrogen) atoms. The van der Waals surface area contributed by atoms with E-state index < -0.39 is 0 Å². The molecule has 2 aromatic carbocycles. The predicted octanol–water partition coefficient (Wildman–Crippen LogP) is 6.34. The van der Waals surface area contributed by atoms with Crippen LogP contribution in [0.2, 0.25) is 5.02 Å². The number of thiazole rings is 1. The first-order chi connectivity index (χ1) is 14.1. The second-order valence-corrected chi connectivity index (χ2v) is 8.39. The molecule has 4 aromatic rings. The number of nitrogens with zero attached hydrogens (tertiary/aromatic N) is 1. The van der Waals surface area contributed by atoms with Gasteiger partial charge >= 0.3 is 0 Å². The first-order valence-corrected chi connectivity index (χ1v) is 11.2. The number of carbonyl (C=O) groups is 1. The molecule has 2 aromatic heterocycles. The Hall–Kier alpha value is -2.48. The van der Waals surface area contributed by atoms with E-state index in [0.29, 0.717) is 45.3 Å². The minimum atomic E-state index is -0.117. The van der Waals surface area contributed by atoms with Crippen molar-refractivity contribution in [3.8, 4) is 17.2 Å². The van der Waals surface area contributed by atoms with Crippen molar-refractivity contribution in [2.45, 2.75) is 11.8 Å². The molecule has 0 saturated carbocycles. The number of nitrogens with one attached hydrogen (secondary N) is 1. The number of halogens is 1. The topological polar surface area (TPSA) is 64.4 Å². The second kappa shape index (κ2) is 8.90. The Labute approximate surface area is 181 Å². The molecule has 0 radical (unpaired) electrons. The van der Waals surface area contributed by atoms with E-state index in [1.165, 1.54) is 23.1 Å². The summed E-state index contributed by atoms with van der Waals surface area (Å²) >= 11 is 8.68. The van der Waals surface area contributed by atoms with Crippen LogP contribution in [-0.2, 0) is 4.79 Å². The van der Waals surface area contributed by atoms with Crippen molar-refractivity contribution < 1.29 is 13.9 Å². The maximum atomic E-state index is 12.2. The first kappa shape index (κ1) is 19.8. The van der Waals surface area contributed by atoms with Gasteiger partial charge in [-0.25, -0.2) is 4.98 Å². The summed E-state index contributed by atoms with van der Waals surface area (Å²) in [6.07, 6.45) is 0. The lowest BCUT2D eigenvalue weighted by Gasteiger charge is -2.02. The molecule has 5 nitrogen and oxygen atoms in total. The Bertz CT molecular complexity index is 1140. The summed E-state index contributed by atoms with van der Waals surface area (Å²) < 4.78 is 11.6. The lowest BCUT2D eigenvalue weighted by molar-refractivity contribution is -0.113. The van der Waals surface area contributed by atoms with Crippen LogP contribution in [0.25, 0.3) is 22.4 Å². The highest BCUT2D eigenvalue weighted by Gasteiger charge is 2.14. The van der Waals surface area contributed by atoms with Gasteiger partial charge < -0.3 is 14.5 Å². The highest BCUT2D eigenvalue weighted by molar-refractivity contribution is 8.00. The van der Waals surface area contributed by atoms with Gasteiger partial charge in [0.25, 0.3) is 0 Å². The van der Waals surface area contributed by atoms with Gasteiger partial charge in [0.1, 0.15) is 5.69 Å². The highest BCUT2D eigenvalue weighted by atomic mass is 35.5. The number of ether oxygens (including phenoxy) is 1. The molecule has 0 bridgehead atoms. The van der Waals surface area contributed by atoms with Crippen LogP contribution >= 0.6 is 34.7 Å². The van der Waals surface area contributed by atoms with Gasteiger partial charge in [-0.2, -0.15) is 0 Å². The Balaban J connectivity index is 1.43. The van der Waals surface area contributed by atoms with Crippen molar-refractivity contribution in [1.82, 2.24) is 4.98 Å². The number of thioether (sulfide) groups is 1. The summed E-state index contributed by atoms with van der Waals surface area (Å²) in [5.74, 6) is 1.52.